The molecular weight excluding hydrogens is 360 g/mol. The monoisotopic (exact) mass is 382 g/mol. The van der Waals surface area contributed by atoms with Gasteiger partial charge >= 0.3 is 5.97 Å². The van der Waals surface area contributed by atoms with E-state index in [4.69, 9.17) is 23.7 Å². The van der Waals surface area contributed by atoms with E-state index < -0.39 is 5.97 Å². The molecule has 3 rings (SSSR count). The van der Waals surface area contributed by atoms with E-state index in [9.17, 15) is 4.79 Å². The summed E-state index contributed by atoms with van der Waals surface area (Å²) in [6.45, 7) is 0.0472. The molecule has 0 heterocycles. The molecule has 0 aliphatic heterocycles. The Labute approximate surface area is 163 Å². The molecule has 0 radical (unpaired) electrons. The number of fused-ring (bicyclic) bond motifs is 1. The van der Waals surface area contributed by atoms with Crippen molar-refractivity contribution in [3.63, 3.8) is 0 Å². The summed E-state index contributed by atoms with van der Waals surface area (Å²) in [5.74, 6) is 1.47. The maximum absolute atomic E-state index is 12.7. The molecule has 0 aliphatic rings. The minimum absolute atomic E-state index is 0.0472. The summed E-state index contributed by atoms with van der Waals surface area (Å²) in [5.41, 5.74) is 1.08. The highest BCUT2D eigenvalue weighted by Gasteiger charge is 2.17. The zero-order valence-corrected chi connectivity index (χ0v) is 16.3. The van der Waals surface area contributed by atoms with E-state index >= 15 is 0 Å². The van der Waals surface area contributed by atoms with Crippen LogP contribution in [0.15, 0.2) is 48.5 Å². The van der Waals surface area contributed by atoms with Crippen molar-refractivity contribution in [2.24, 2.45) is 0 Å². The molecule has 28 heavy (non-hydrogen) atoms. The number of hydrogen-bond donors (Lipinski definition) is 0. The van der Waals surface area contributed by atoms with E-state index in [1.807, 2.05) is 30.3 Å². The summed E-state index contributed by atoms with van der Waals surface area (Å²) in [5, 5.41) is 1.92. The van der Waals surface area contributed by atoms with Crippen LogP contribution >= 0.6 is 0 Å². The Morgan fingerprint density at radius 2 is 1.32 bits per heavy atom. The zero-order valence-electron chi connectivity index (χ0n) is 16.3. The number of carbonyl (C=O) groups is 1. The van der Waals surface area contributed by atoms with Crippen LogP contribution in [-0.4, -0.2) is 34.4 Å². The van der Waals surface area contributed by atoms with Crippen LogP contribution in [0.1, 0.15) is 15.9 Å². The molecule has 6 nitrogen and oxygen atoms in total. The summed E-state index contributed by atoms with van der Waals surface area (Å²) in [7, 11) is 6.13. The third-order valence-corrected chi connectivity index (χ3v) is 4.38. The Kier molecular flexibility index (Phi) is 5.89. The van der Waals surface area contributed by atoms with Gasteiger partial charge in [0.05, 0.1) is 28.4 Å². The highest BCUT2D eigenvalue weighted by atomic mass is 16.5. The minimum atomic E-state index is -0.476. The maximum Gasteiger partial charge on any atom is 0.342 e. The SMILES string of the molecule is COc1cc2ccccc2cc1C(=O)OCc1cc(OC)c(OC)c(OC)c1. The Hall–Kier alpha value is -3.41. The van der Waals surface area contributed by atoms with Crippen molar-refractivity contribution in [1.29, 1.82) is 0 Å². The molecule has 3 aromatic carbocycles. The van der Waals surface area contributed by atoms with E-state index in [0.29, 0.717) is 34.1 Å². The lowest BCUT2D eigenvalue weighted by Crippen LogP contribution is -2.08. The molecular formula is C22H22O6. The Morgan fingerprint density at radius 1 is 0.750 bits per heavy atom. The molecule has 146 valence electrons. The summed E-state index contributed by atoms with van der Waals surface area (Å²) in [6.07, 6.45) is 0. The molecule has 0 N–H and O–H groups in total. The van der Waals surface area contributed by atoms with Gasteiger partial charge in [0.1, 0.15) is 17.9 Å². The molecule has 0 saturated carbocycles. The normalized spacial score (nSPS) is 10.4. The van der Waals surface area contributed by atoms with Gasteiger partial charge in [0.15, 0.2) is 11.5 Å². The van der Waals surface area contributed by atoms with Crippen molar-refractivity contribution in [1.82, 2.24) is 0 Å². The second-order valence-electron chi connectivity index (χ2n) is 6.01. The molecule has 0 atom stereocenters. The zero-order chi connectivity index (χ0) is 20.1. The Balaban J connectivity index is 1.85. The lowest BCUT2D eigenvalue weighted by molar-refractivity contribution is 0.0468. The second-order valence-corrected chi connectivity index (χ2v) is 6.01. The number of esters is 1. The van der Waals surface area contributed by atoms with Crippen LogP contribution < -0.4 is 18.9 Å². The van der Waals surface area contributed by atoms with Gasteiger partial charge in [-0.2, -0.15) is 0 Å². The molecule has 3 aromatic rings. The first kappa shape index (κ1) is 19.4. The number of benzene rings is 3. The fourth-order valence-corrected chi connectivity index (χ4v) is 2.99. The van der Waals surface area contributed by atoms with Gasteiger partial charge in [-0.3, -0.25) is 0 Å². The largest absolute Gasteiger partial charge is 0.496 e. The Morgan fingerprint density at radius 3 is 1.86 bits per heavy atom. The first-order chi connectivity index (χ1) is 13.6. The third kappa shape index (κ3) is 3.81. The second kappa shape index (κ2) is 8.52. The van der Waals surface area contributed by atoms with Crippen LogP contribution in [0.2, 0.25) is 0 Å². The van der Waals surface area contributed by atoms with Gasteiger partial charge in [0, 0.05) is 0 Å². The number of hydrogen-bond acceptors (Lipinski definition) is 6. The van der Waals surface area contributed by atoms with Gasteiger partial charge in [-0.25, -0.2) is 4.79 Å². The predicted molar refractivity (Wildman–Crippen MR) is 106 cm³/mol. The molecule has 0 bridgehead atoms. The summed E-state index contributed by atoms with van der Waals surface area (Å²) < 4.78 is 26.8. The Bertz CT molecular complexity index is 970. The van der Waals surface area contributed by atoms with Gasteiger partial charge in [-0.05, 0) is 40.6 Å². The standard InChI is InChI=1S/C22H22O6/c1-24-18-12-16-8-6-5-7-15(16)11-17(18)22(23)28-13-14-9-19(25-2)21(27-4)20(10-14)26-3/h5-12H,13H2,1-4H3. The molecule has 0 fully saturated rings. The summed E-state index contributed by atoms with van der Waals surface area (Å²) >= 11 is 0. The van der Waals surface area contributed by atoms with E-state index in [-0.39, 0.29) is 6.61 Å². The van der Waals surface area contributed by atoms with Crippen molar-refractivity contribution in [2.75, 3.05) is 28.4 Å². The van der Waals surface area contributed by atoms with Crippen LogP contribution in [-0.2, 0) is 11.3 Å². The number of methoxy groups -OCH3 is 4. The van der Waals surface area contributed by atoms with Crippen LogP contribution in [0, 0.1) is 0 Å². The van der Waals surface area contributed by atoms with Gasteiger partial charge in [0.25, 0.3) is 0 Å². The molecule has 0 saturated heterocycles. The fourth-order valence-electron chi connectivity index (χ4n) is 2.99. The van der Waals surface area contributed by atoms with Crippen LogP contribution in [0.25, 0.3) is 10.8 Å². The van der Waals surface area contributed by atoms with Crippen molar-refractivity contribution in [2.45, 2.75) is 6.61 Å². The van der Waals surface area contributed by atoms with Gasteiger partial charge in [-0.15, -0.1) is 0 Å². The number of ether oxygens (including phenoxy) is 5. The van der Waals surface area contributed by atoms with Gasteiger partial charge < -0.3 is 23.7 Å². The maximum atomic E-state index is 12.7. The topological polar surface area (TPSA) is 63.2 Å². The number of carbonyl (C=O) groups excluding carboxylic acids is 1. The van der Waals surface area contributed by atoms with Crippen LogP contribution in [0.3, 0.4) is 0 Å². The quantitative estimate of drug-likeness (QED) is 0.570. The lowest BCUT2D eigenvalue weighted by atomic mass is 10.1. The first-order valence-corrected chi connectivity index (χ1v) is 8.64. The van der Waals surface area contributed by atoms with E-state index in [1.165, 1.54) is 28.4 Å². The van der Waals surface area contributed by atoms with E-state index in [2.05, 4.69) is 0 Å². The van der Waals surface area contributed by atoms with Crippen molar-refractivity contribution in [3.05, 3.63) is 59.7 Å². The van der Waals surface area contributed by atoms with Crippen LogP contribution in [0.5, 0.6) is 23.0 Å². The summed E-state index contributed by atoms with van der Waals surface area (Å²) in [4.78, 5) is 12.7. The highest BCUT2D eigenvalue weighted by Crippen LogP contribution is 2.38. The molecule has 0 spiro atoms. The molecule has 0 unspecified atom stereocenters. The summed E-state index contributed by atoms with van der Waals surface area (Å²) in [6, 6.07) is 14.8. The minimum Gasteiger partial charge on any atom is -0.496 e. The van der Waals surface area contributed by atoms with Crippen molar-refractivity contribution in [3.8, 4) is 23.0 Å². The molecule has 0 amide bonds. The molecule has 0 aliphatic carbocycles. The highest BCUT2D eigenvalue weighted by molar-refractivity contribution is 5.98. The van der Waals surface area contributed by atoms with E-state index in [1.54, 1.807) is 18.2 Å². The predicted octanol–water partition coefficient (Wildman–Crippen LogP) is 4.23. The van der Waals surface area contributed by atoms with Gasteiger partial charge in [-0.1, -0.05) is 24.3 Å². The fraction of sp³-hybridized carbons (Fsp3) is 0.227. The first-order valence-electron chi connectivity index (χ1n) is 8.64. The van der Waals surface area contributed by atoms with Crippen molar-refractivity contribution < 1.29 is 28.5 Å². The lowest BCUT2D eigenvalue weighted by Gasteiger charge is -2.15. The molecule has 0 aromatic heterocycles. The average molecular weight is 382 g/mol. The third-order valence-electron chi connectivity index (χ3n) is 4.38. The molecule has 6 heteroatoms. The van der Waals surface area contributed by atoms with Crippen LogP contribution in [0.4, 0.5) is 0 Å². The smallest absolute Gasteiger partial charge is 0.342 e. The van der Waals surface area contributed by atoms with Crippen molar-refractivity contribution >= 4 is 16.7 Å². The average Bonchev–Trinajstić information content (AvgIpc) is 2.75. The number of rotatable bonds is 7. The van der Waals surface area contributed by atoms with E-state index in [0.717, 1.165) is 10.8 Å². The van der Waals surface area contributed by atoms with Gasteiger partial charge in [0.2, 0.25) is 5.75 Å².